The van der Waals surface area contributed by atoms with E-state index in [2.05, 4.69) is 63.3 Å². The maximum Gasteiger partial charge on any atom is 0.129 e. The van der Waals surface area contributed by atoms with Crippen LogP contribution in [-0.4, -0.2) is 48.1 Å². The van der Waals surface area contributed by atoms with Crippen LogP contribution >= 0.6 is 11.6 Å². The first-order valence-electron chi connectivity index (χ1n) is 9.04. The number of anilines is 2. The summed E-state index contributed by atoms with van der Waals surface area (Å²) < 4.78 is 0. The number of aromatic amines is 1. The number of nitrogens with one attached hydrogen (secondary N) is 2. The van der Waals surface area contributed by atoms with Gasteiger partial charge in [-0.2, -0.15) is 0 Å². The Morgan fingerprint density at radius 3 is 2.54 bits per heavy atom. The quantitative estimate of drug-likeness (QED) is 0.725. The summed E-state index contributed by atoms with van der Waals surface area (Å²) in [7, 11) is 2.18. The average molecular weight is 370 g/mol. The van der Waals surface area contributed by atoms with E-state index in [1.807, 2.05) is 18.2 Å². The van der Waals surface area contributed by atoms with E-state index in [0.717, 1.165) is 48.7 Å². The predicted octanol–water partition coefficient (Wildman–Crippen LogP) is 4.14. The number of fused-ring (bicyclic) bond motifs is 1. The summed E-state index contributed by atoms with van der Waals surface area (Å²) in [4.78, 5) is 12.8. The molecule has 5 nitrogen and oxygen atoms in total. The van der Waals surface area contributed by atoms with E-state index in [9.17, 15) is 0 Å². The van der Waals surface area contributed by atoms with E-state index in [0.29, 0.717) is 5.02 Å². The molecule has 1 aromatic heterocycles. The molecule has 0 aliphatic carbocycles. The van der Waals surface area contributed by atoms with Gasteiger partial charge in [-0.3, -0.25) is 0 Å². The number of nitrogens with zero attached hydrogens (tertiary/aromatic N) is 3. The lowest BCUT2D eigenvalue weighted by Gasteiger charge is -2.34. The number of halogens is 1. The molecular formula is C20H24ClN5. The van der Waals surface area contributed by atoms with Crippen molar-refractivity contribution in [2.45, 2.75) is 13.0 Å². The van der Waals surface area contributed by atoms with E-state index < -0.39 is 0 Å². The molecule has 1 aliphatic heterocycles. The van der Waals surface area contributed by atoms with Gasteiger partial charge in [0, 0.05) is 42.6 Å². The van der Waals surface area contributed by atoms with Crippen LogP contribution in [0.25, 0.3) is 11.0 Å². The normalized spacial score (nSPS) is 16.8. The fraction of sp³-hybridized carbons (Fsp3) is 0.350. The standard InChI is InChI=1S/C20H24ClN5/c1-14(20-23-18-8-3-15(21)13-19(18)24-20)22-16-4-6-17(7-5-16)26-11-9-25(2)10-12-26/h3-8,13-14,22H,9-12H2,1-2H3,(H,23,24). The fourth-order valence-corrected chi connectivity index (χ4v) is 3.53. The first kappa shape index (κ1) is 17.2. The molecule has 1 atom stereocenters. The molecule has 136 valence electrons. The van der Waals surface area contributed by atoms with Crippen molar-refractivity contribution in [3.63, 3.8) is 0 Å². The molecule has 0 saturated carbocycles. The van der Waals surface area contributed by atoms with Gasteiger partial charge in [0.2, 0.25) is 0 Å². The maximum atomic E-state index is 6.05. The Kier molecular flexibility index (Phi) is 4.74. The Labute approximate surface area is 159 Å². The van der Waals surface area contributed by atoms with Crippen molar-refractivity contribution in [2.24, 2.45) is 0 Å². The highest BCUT2D eigenvalue weighted by Crippen LogP contribution is 2.24. The van der Waals surface area contributed by atoms with E-state index in [-0.39, 0.29) is 6.04 Å². The van der Waals surface area contributed by atoms with Crippen molar-refractivity contribution in [1.82, 2.24) is 14.9 Å². The van der Waals surface area contributed by atoms with Gasteiger partial charge in [0.15, 0.2) is 0 Å². The van der Waals surface area contributed by atoms with Crippen molar-refractivity contribution >= 4 is 34.0 Å². The zero-order chi connectivity index (χ0) is 18.1. The minimum absolute atomic E-state index is 0.0793. The smallest absolute Gasteiger partial charge is 0.129 e. The van der Waals surface area contributed by atoms with Crippen LogP contribution in [-0.2, 0) is 0 Å². The Morgan fingerprint density at radius 2 is 1.81 bits per heavy atom. The summed E-state index contributed by atoms with van der Waals surface area (Å²) >= 11 is 6.05. The number of hydrogen-bond donors (Lipinski definition) is 2. The van der Waals surface area contributed by atoms with Gasteiger partial charge >= 0.3 is 0 Å². The van der Waals surface area contributed by atoms with Crippen LogP contribution in [0.15, 0.2) is 42.5 Å². The van der Waals surface area contributed by atoms with E-state index in [4.69, 9.17) is 11.6 Å². The Balaban J connectivity index is 1.44. The first-order valence-corrected chi connectivity index (χ1v) is 9.41. The summed E-state index contributed by atoms with van der Waals surface area (Å²) in [5, 5.41) is 4.23. The molecule has 4 rings (SSSR count). The second kappa shape index (κ2) is 7.17. The summed E-state index contributed by atoms with van der Waals surface area (Å²) in [5.41, 5.74) is 4.28. The van der Waals surface area contributed by atoms with Crippen LogP contribution in [0.4, 0.5) is 11.4 Å². The summed E-state index contributed by atoms with van der Waals surface area (Å²) in [6, 6.07) is 14.5. The van der Waals surface area contributed by atoms with E-state index in [1.165, 1.54) is 5.69 Å². The van der Waals surface area contributed by atoms with Gasteiger partial charge in [-0.25, -0.2) is 4.98 Å². The van der Waals surface area contributed by atoms with Crippen LogP contribution < -0.4 is 10.2 Å². The summed E-state index contributed by atoms with van der Waals surface area (Å²) in [5.74, 6) is 0.908. The Bertz CT molecular complexity index is 881. The zero-order valence-electron chi connectivity index (χ0n) is 15.2. The monoisotopic (exact) mass is 369 g/mol. The second-order valence-electron chi connectivity index (χ2n) is 6.99. The maximum absolute atomic E-state index is 6.05. The Hall–Kier alpha value is -2.24. The minimum Gasteiger partial charge on any atom is -0.375 e. The molecule has 1 aliphatic rings. The number of H-pyrrole nitrogens is 1. The third-order valence-corrected chi connectivity index (χ3v) is 5.23. The highest BCUT2D eigenvalue weighted by molar-refractivity contribution is 6.31. The molecule has 0 amide bonds. The molecule has 0 spiro atoms. The molecule has 1 fully saturated rings. The summed E-state index contributed by atoms with van der Waals surface area (Å²) in [6.45, 7) is 6.51. The van der Waals surface area contributed by atoms with Gasteiger partial charge in [-0.05, 0) is 56.4 Å². The molecule has 3 aromatic rings. The number of benzene rings is 2. The topological polar surface area (TPSA) is 47.2 Å². The molecule has 0 radical (unpaired) electrons. The molecule has 2 N–H and O–H groups in total. The lowest BCUT2D eigenvalue weighted by Crippen LogP contribution is -2.44. The van der Waals surface area contributed by atoms with Crippen LogP contribution in [0.5, 0.6) is 0 Å². The molecule has 26 heavy (non-hydrogen) atoms. The third kappa shape index (κ3) is 3.64. The lowest BCUT2D eigenvalue weighted by molar-refractivity contribution is 0.313. The van der Waals surface area contributed by atoms with Crippen molar-refractivity contribution in [3.05, 3.63) is 53.3 Å². The van der Waals surface area contributed by atoms with Crippen LogP contribution in [0.2, 0.25) is 5.02 Å². The predicted molar refractivity (Wildman–Crippen MR) is 109 cm³/mol. The zero-order valence-corrected chi connectivity index (χ0v) is 15.9. The Morgan fingerprint density at radius 1 is 1.08 bits per heavy atom. The number of imidazole rings is 1. The highest BCUT2D eigenvalue weighted by atomic mass is 35.5. The second-order valence-corrected chi connectivity index (χ2v) is 7.42. The molecule has 1 unspecified atom stereocenters. The van der Waals surface area contributed by atoms with Gasteiger partial charge in [0.25, 0.3) is 0 Å². The number of likely N-dealkylation sites (N-methyl/N-ethyl adjacent to an activating group) is 1. The van der Waals surface area contributed by atoms with Crippen molar-refractivity contribution in [1.29, 1.82) is 0 Å². The molecular weight excluding hydrogens is 346 g/mol. The first-order chi connectivity index (χ1) is 12.6. The summed E-state index contributed by atoms with van der Waals surface area (Å²) in [6.07, 6.45) is 0. The van der Waals surface area contributed by atoms with E-state index in [1.54, 1.807) is 0 Å². The van der Waals surface area contributed by atoms with Gasteiger partial charge in [-0.15, -0.1) is 0 Å². The van der Waals surface area contributed by atoms with Crippen LogP contribution in [0.1, 0.15) is 18.8 Å². The van der Waals surface area contributed by atoms with Crippen molar-refractivity contribution in [3.8, 4) is 0 Å². The van der Waals surface area contributed by atoms with Gasteiger partial charge in [0.05, 0.1) is 17.1 Å². The molecule has 2 aromatic carbocycles. The number of aromatic nitrogens is 2. The van der Waals surface area contributed by atoms with Crippen LogP contribution in [0.3, 0.4) is 0 Å². The number of rotatable bonds is 4. The average Bonchev–Trinajstić information content (AvgIpc) is 3.06. The molecule has 0 bridgehead atoms. The SMILES string of the molecule is CC(Nc1ccc(N2CCN(C)CC2)cc1)c1nc2ccc(Cl)cc2[nH]1. The number of hydrogen-bond acceptors (Lipinski definition) is 4. The van der Waals surface area contributed by atoms with Crippen molar-refractivity contribution in [2.75, 3.05) is 43.4 Å². The molecule has 2 heterocycles. The van der Waals surface area contributed by atoms with Crippen LogP contribution in [0, 0.1) is 0 Å². The van der Waals surface area contributed by atoms with Crippen molar-refractivity contribution < 1.29 is 0 Å². The van der Waals surface area contributed by atoms with E-state index >= 15 is 0 Å². The highest BCUT2D eigenvalue weighted by Gasteiger charge is 2.15. The number of piperazine rings is 1. The van der Waals surface area contributed by atoms with Gasteiger partial charge in [-0.1, -0.05) is 11.6 Å². The van der Waals surface area contributed by atoms with Gasteiger partial charge in [0.1, 0.15) is 5.82 Å². The lowest BCUT2D eigenvalue weighted by atomic mass is 10.2. The minimum atomic E-state index is 0.0793. The van der Waals surface area contributed by atoms with Gasteiger partial charge < -0.3 is 20.1 Å². The largest absolute Gasteiger partial charge is 0.375 e. The molecule has 1 saturated heterocycles. The molecule has 6 heteroatoms. The third-order valence-electron chi connectivity index (χ3n) is 4.99. The fourth-order valence-electron chi connectivity index (χ4n) is 3.36.